The van der Waals surface area contributed by atoms with Crippen molar-refractivity contribution in [1.29, 1.82) is 0 Å². The van der Waals surface area contributed by atoms with Crippen molar-refractivity contribution in [3.8, 4) is 5.75 Å². The van der Waals surface area contributed by atoms with Crippen LogP contribution in [0.5, 0.6) is 5.75 Å². The highest BCUT2D eigenvalue weighted by Gasteiger charge is 2.07. The SMILES string of the molecule is COCCOC(=O)Cc1ccccc1O. The molecule has 0 spiro atoms. The van der Waals surface area contributed by atoms with Gasteiger partial charge in [-0.2, -0.15) is 0 Å². The third kappa shape index (κ3) is 3.99. The summed E-state index contributed by atoms with van der Waals surface area (Å²) in [4.78, 5) is 11.3. The maximum atomic E-state index is 11.3. The van der Waals surface area contributed by atoms with Crippen LogP contribution in [-0.4, -0.2) is 31.4 Å². The number of benzene rings is 1. The Morgan fingerprint density at radius 3 is 2.73 bits per heavy atom. The molecule has 0 saturated carbocycles. The number of esters is 1. The van der Waals surface area contributed by atoms with Crippen LogP contribution in [0.3, 0.4) is 0 Å². The van der Waals surface area contributed by atoms with Crippen molar-refractivity contribution in [3.63, 3.8) is 0 Å². The first-order valence-corrected chi connectivity index (χ1v) is 4.65. The number of carbonyl (C=O) groups is 1. The first-order valence-electron chi connectivity index (χ1n) is 4.65. The van der Waals surface area contributed by atoms with E-state index in [0.29, 0.717) is 12.2 Å². The predicted molar refractivity (Wildman–Crippen MR) is 54.6 cm³/mol. The van der Waals surface area contributed by atoms with E-state index in [1.807, 2.05) is 0 Å². The van der Waals surface area contributed by atoms with Crippen LogP contribution in [0.1, 0.15) is 5.56 Å². The summed E-state index contributed by atoms with van der Waals surface area (Å²) in [6.07, 6.45) is 0.0797. The van der Waals surface area contributed by atoms with Crippen LogP contribution in [0.4, 0.5) is 0 Å². The van der Waals surface area contributed by atoms with E-state index < -0.39 is 0 Å². The smallest absolute Gasteiger partial charge is 0.310 e. The summed E-state index contributed by atoms with van der Waals surface area (Å²) in [6, 6.07) is 6.69. The lowest BCUT2D eigenvalue weighted by Gasteiger charge is -2.05. The monoisotopic (exact) mass is 210 g/mol. The Labute approximate surface area is 88.4 Å². The molecule has 1 N–H and O–H groups in total. The summed E-state index contributed by atoms with van der Waals surface area (Å²) in [5, 5.41) is 9.40. The maximum Gasteiger partial charge on any atom is 0.310 e. The molecule has 0 unspecified atom stereocenters. The third-order valence-electron chi connectivity index (χ3n) is 1.88. The first-order chi connectivity index (χ1) is 7.24. The molecule has 0 saturated heterocycles. The minimum absolute atomic E-state index is 0.0797. The Bertz CT molecular complexity index is 322. The van der Waals surface area contributed by atoms with Crippen LogP contribution in [0, 0.1) is 0 Å². The van der Waals surface area contributed by atoms with Gasteiger partial charge in [-0.25, -0.2) is 0 Å². The largest absolute Gasteiger partial charge is 0.508 e. The molecule has 1 aromatic rings. The number of hydrogen-bond donors (Lipinski definition) is 1. The second kappa shape index (κ2) is 6.03. The number of rotatable bonds is 5. The second-order valence-electron chi connectivity index (χ2n) is 3.02. The molecule has 1 aromatic carbocycles. The molecule has 0 heterocycles. The van der Waals surface area contributed by atoms with Gasteiger partial charge in [0.15, 0.2) is 0 Å². The molecule has 0 bridgehead atoms. The molecule has 0 fully saturated rings. The number of phenols is 1. The van der Waals surface area contributed by atoms with Gasteiger partial charge in [0.1, 0.15) is 12.4 Å². The lowest BCUT2D eigenvalue weighted by Crippen LogP contribution is -2.11. The van der Waals surface area contributed by atoms with Crippen LogP contribution in [0.2, 0.25) is 0 Å². The number of methoxy groups -OCH3 is 1. The van der Waals surface area contributed by atoms with Crippen molar-refractivity contribution >= 4 is 5.97 Å². The summed E-state index contributed by atoms with van der Waals surface area (Å²) in [5.41, 5.74) is 0.569. The highest BCUT2D eigenvalue weighted by atomic mass is 16.6. The van der Waals surface area contributed by atoms with Gasteiger partial charge in [-0.1, -0.05) is 18.2 Å². The van der Waals surface area contributed by atoms with Gasteiger partial charge < -0.3 is 14.6 Å². The van der Waals surface area contributed by atoms with Gasteiger partial charge in [-0.15, -0.1) is 0 Å². The zero-order chi connectivity index (χ0) is 11.1. The van der Waals surface area contributed by atoms with Crippen LogP contribution in [0.15, 0.2) is 24.3 Å². The Kier molecular flexibility index (Phi) is 4.63. The Morgan fingerprint density at radius 2 is 2.07 bits per heavy atom. The van der Waals surface area contributed by atoms with Gasteiger partial charge in [0, 0.05) is 12.7 Å². The van der Waals surface area contributed by atoms with E-state index >= 15 is 0 Å². The van der Waals surface area contributed by atoms with Gasteiger partial charge in [0.2, 0.25) is 0 Å². The number of phenolic OH excluding ortho intramolecular Hbond substituents is 1. The predicted octanol–water partition coefficient (Wildman–Crippen LogP) is 1.12. The molecule has 0 aliphatic carbocycles. The third-order valence-corrected chi connectivity index (χ3v) is 1.88. The van der Waals surface area contributed by atoms with Crippen LogP contribution in [-0.2, 0) is 20.7 Å². The minimum atomic E-state index is -0.367. The van der Waals surface area contributed by atoms with Crippen LogP contribution >= 0.6 is 0 Å². The molecule has 15 heavy (non-hydrogen) atoms. The van der Waals surface area contributed by atoms with E-state index in [0.717, 1.165) is 0 Å². The quantitative estimate of drug-likeness (QED) is 0.584. The van der Waals surface area contributed by atoms with Crippen molar-refractivity contribution in [2.45, 2.75) is 6.42 Å². The molecule has 1 rings (SSSR count). The summed E-state index contributed by atoms with van der Waals surface area (Å²) in [7, 11) is 1.54. The van der Waals surface area contributed by atoms with Gasteiger partial charge in [0.25, 0.3) is 0 Å². The van der Waals surface area contributed by atoms with Gasteiger partial charge >= 0.3 is 5.97 Å². The van der Waals surface area contributed by atoms with Gasteiger partial charge in [0.05, 0.1) is 13.0 Å². The Balaban J connectivity index is 2.41. The van der Waals surface area contributed by atoms with Gasteiger partial charge in [-0.3, -0.25) is 4.79 Å². The minimum Gasteiger partial charge on any atom is -0.508 e. The zero-order valence-electron chi connectivity index (χ0n) is 8.60. The van der Waals surface area contributed by atoms with Crippen LogP contribution in [0.25, 0.3) is 0 Å². The van der Waals surface area contributed by atoms with Crippen molar-refractivity contribution in [2.24, 2.45) is 0 Å². The van der Waals surface area contributed by atoms with Crippen molar-refractivity contribution in [2.75, 3.05) is 20.3 Å². The molecule has 0 aliphatic heterocycles. The zero-order valence-corrected chi connectivity index (χ0v) is 8.60. The number of para-hydroxylation sites is 1. The average Bonchev–Trinajstić information content (AvgIpc) is 2.22. The highest BCUT2D eigenvalue weighted by Crippen LogP contribution is 2.16. The Morgan fingerprint density at radius 1 is 1.33 bits per heavy atom. The van der Waals surface area contributed by atoms with E-state index in [1.165, 1.54) is 13.2 Å². The number of aromatic hydroxyl groups is 1. The van der Waals surface area contributed by atoms with Gasteiger partial charge in [-0.05, 0) is 6.07 Å². The lowest BCUT2D eigenvalue weighted by atomic mass is 10.1. The van der Waals surface area contributed by atoms with Crippen LogP contribution < -0.4 is 0 Å². The highest BCUT2D eigenvalue weighted by molar-refractivity contribution is 5.73. The number of hydrogen-bond acceptors (Lipinski definition) is 4. The fourth-order valence-corrected chi connectivity index (χ4v) is 1.11. The normalized spacial score (nSPS) is 9.93. The number of carbonyl (C=O) groups excluding carboxylic acids is 1. The fourth-order valence-electron chi connectivity index (χ4n) is 1.11. The first kappa shape index (κ1) is 11.5. The van der Waals surface area contributed by atoms with Crippen molar-refractivity contribution in [3.05, 3.63) is 29.8 Å². The standard InChI is InChI=1S/C11H14O4/c1-14-6-7-15-11(13)8-9-4-2-3-5-10(9)12/h2-5,12H,6-8H2,1H3. The molecule has 0 radical (unpaired) electrons. The van der Waals surface area contributed by atoms with Crippen molar-refractivity contribution in [1.82, 2.24) is 0 Å². The lowest BCUT2D eigenvalue weighted by molar-refractivity contribution is -0.144. The molecule has 0 amide bonds. The second-order valence-corrected chi connectivity index (χ2v) is 3.02. The van der Waals surface area contributed by atoms with E-state index in [4.69, 9.17) is 9.47 Å². The fraction of sp³-hybridized carbons (Fsp3) is 0.364. The van der Waals surface area contributed by atoms with E-state index in [9.17, 15) is 9.90 Å². The summed E-state index contributed by atoms with van der Waals surface area (Å²) in [6.45, 7) is 0.620. The molecular weight excluding hydrogens is 196 g/mol. The molecule has 0 aromatic heterocycles. The topological polar surface area (TPSA) is 55.8 Å². The molecule has 82 valence electrons. The summed E-state index contributed by atoms with van der Waals surface area (Å²) < 4.78 is 9.61. The molecule has 0 aliphatic rings. The van der Waals surface area contributed by atoms with E-state index in [2.05, 4.69) is 0 Å². The number of ether oxygens (including phenoxy) is 2. The average molecular weight is 210 g/mol. The maximum absolute atomic E-state index is 11.3. The molecular formula is C11H14O4. The summed E-state index contributed by atoms with van der Waals surface area (Å²) in [5.74, 6) is -0.255. The molecule has 4 nitrogen and oxygen atoms in total. The Hall–Kier alpha value is -1.55. The molecule has 0 atom stereocenters. The van der Waals surface area contributed by atoms with E-state index in [1.54, 1.807) is 18.2 Å². The van der Waals surface area contributed by atoms with E-state index in [-0.39, 0.29) is 24.7 Å². The summed E-state index contributed by atoms with van der Waals surface area (Å²) >= 11 is 0. The van der Waals surface area contributed by atoms with Crippen molar-refractivity contribution < 1.29 is 19.4 Å². The molecule has 4 heteroatoms.